The average molecular weight is 223 g/mol. The molecule has 1 fully saturated rings. The highest BCUT2D eigenvalue weighted by Crippen LogP contribution is 2.24. The third-order valence-corrected chi connectivity index (χ3v) is 3.23. The number of nitrogens with two attached hydrogens (primary N) is 1. The van der Waals surface area contributed by atoms with Crippen LogP contribution in [-0.2, 0) is 13.5 Å². The van der Waals surface area contributed by atoms with Crippen LogP contribution in [0.5, 0.6) is 0 Å². The summed E-state index contributed by atoms with van der Waals surface area (Å²) < 4.78 is 1.85. The van der Waals surface area contributed by atoms with Gasteiger partial charge in [-0.1, -0.05) is 6.92 Å². The Balaban J connectivity index is 2.12. The summed E-state index contributed by atoms with van der Waals surface area (Å²) in [6.07, 6.45) is 2.05. The van der Waals surface area contributed by atoms with Crippen LogP contribution in [0.3, 0.4) is 0 Å². The van der Waals surface area contributed by atoms with Crippen molar-refractivity contribution in [2.75, 3.05) is 31.2 Å². The summed E-state index contributed by atoms with van der Waals surface area (Å²) in [6, 6.07) is 0.493. The molecule has 1 aromatic rings. The minimum absolute atomic E-state index is 0.493. The van der Waals surface area contributed by atoms with Gasteiger partial charge in [-0.2, -0.15) is 5.10 Å². The van der Waals surface area contributed by atoms with E-state index < -0.39 is 0 Å². The molecule has 0 aliphatic carbocycles. The zero-order chi connectivity index (χ0) is 11.7. The van der Waals surface area contributed by atoms with Crippen molar-refractivity contribution < 1.29 is 0 Å². The summed E-state index contributed by atoms with van der Waals surface area (Å²) in [4.78, 5) is 2.32. The van der Waals surface area contributed by atoms with Gasteiger partial charge >= 0.3 is 0 Å². The molecule has 2 heterocycles. The van der Waals surface area contributed by atoms with Crippen LogP contribution in [0, 0.1) is 0 Å². The molecule has 1 unspecified atom stereocenters. The first-order valence-electron chi connectivity index (χ1n) is 5.88. The lowest BCUT2D eigenvalue weighted by atomic mass is 10.2. The highest BCUT2D eigenvalue weighted by atomic mass is 15.3. The van der Waals surface area contributed by atoms with Crippen LogP contribution in [0.2, 0.25) is 0 Å². The highest BCUT2D eigenvalue weighted by Gasteiger charge is 2.22. The molecule has 0 aromatic carbocycles. The summed E-state index contributed by atoms with van der Waals surface area (Å²) in [6.45, 7) is 4.30. The zero-order valence-electron chi connectivity index (χ0n) is 10.3. The van der Waals surface area contributed by atoms with Crippen LogP contribution < -0.4 is 11.1 Å². The molecule has 16 heavy (non-hydrogen) atoms. The van der Waals surface area contributed by atoms with Crippen molar-refractivity contribution in [2.24, 2.45) is 7.05 Å². The van der Waals surface area contributed by atoms with Gasteiger partial charge in [-0.05, 0) is 26.4 Å². The smallest absolute Gasteiger partial charge is 0.148 e. The predicted octanol–water partition coefficient (Wildman–Crippen LogP) is 0.681. The van der Waals surface area contributed by atoms with Crippen molar-refractivity contribution >= 4 is 11.5 Å². The number of anilines is 2. The molecule has 1 saturated heterocycles. The average Bonchev–Trinajstić information content (AvgIpc) is 2.77. The minimum Gasteiger partial charge on any atom is -0.394 e. The number of hydrogen-bond donors (Lipinski definition) is 2. The third-order valence-electron chi connectivity index (χ3n) is 3.23. The Morgan fingerprint density at radius 1 is 1.50 bits per heavy atom. The standard InChI is InChI=1S/C11H21N5/c1-4-9-10(12)11(16(3)14-9)13-8-5-6-15(2)7-8/h8,13H,4-7,12H2,1-3H3. The summed E-state index contributed by atoms with van der Waals surface area (Å²) in [5, 5.41) is 7.90. The summed E-state index contributed by atoms with van der Waals surface area (Å²) in [5.41, 5.74) is 7.86. The molecule has 1 aliphatic rings. The molecule has 5 heteroatoms. The molecular weight excluding hydrogens is 202 g/mol. The maximum atomic E-state index is 6.07. The fourth-order valence-corrected chi connectivity index (χ4v) is 2.27. The van der Waals surface area contributed by atoms with Crippen LogP contribution in [-0.4, -0.2) is 40.9 Å². The number of aryl methyl sites for hydroxylation is 2. The van der Waals surface area contributed by atoms with E-state index in [1.807, 2.05) is 11.7 Å². The van der Waals surface area contributed by atoms with Crippen molar-refractivity contribution in [3.8, 4) is 0 Å². The van der Waals surface area contributed by atoms with Gasteiger partial charge in [-0.3, -0.25) is 4.68 Å². The minimum atomic E-state index is 0.493. The highest BCUT2D eigenvalue weighted by molar-refractivity contribution is 5.65. The van der Waals surface area contributed by atoms with E-state index in [0.717, 1.165) is 36.7 Å². The Labute approximate surface area is 96.6 Å². The maximum absolute atomic E-state index is 6.07. The topological polar surface area (TPSA) is 59.1 Å². The summed E-state index contributed by atoms with van der Waals surface area (Å²) in [5.74, 6) is 0.970. The van der Waals surface area contributed by atoms with Crippen molar-refractivity contribution in [3.63, 3.8) is 0 Å². The maximum Gasteiger partial charge on any atom is 0.148 e. The lowest BCUT2D eigenvalue weighted by Crippen LogP contribution is -2.25. The molecule has 1 aromatic heterocycles. The summed E-state index contributed by atoms with van der Waals surface area (Å²) >= 11 is 0. The molecular formula is C11H21N5. The lowest BCUT2D eigenvalue weighted by Gasteiger charge is -2.14. The van der Waals surface area contributed by atoms with Crippen molar-refractivity contribution in [1.29, 1.82) is 0 Å². The second kappa shape index (κ2) is 4.33. The molecule has 1 atom stereocenters. The predicted molar refractivity (Wildman–Crippen MR) is 66.5 cm³/mol. The molecule has 0 bridgehead atoms. The molecule has 0 radical (unpaired) electrons. The van der Waals surface area contributed by atoms with Crippen molar-refractivity contribution in [2.45, 2.75) is 25.8 Å². The fourth-order valence-electron chi connectivity index (χ4n) is 2.27. The van der Waals surface area contributed by atoms with Crippen molar-refractivity contribution in [1.82, 2.24) is 14.7 Å². The second-order valence-corrected chi connectivity index (χ2v) is 4.58. The van der Waals surface area contributed by atoms with E-state index in [1.54, 1.807) is 0 Å². The lowest BCUT2D eigenvalue weighted by molar-refractivity contribution is 0.414. The molecule has 0 spiro atoms. The third kappa shape index (κ3) is 2.00. The van der Waals surface area contributed by atoms with Crippen molar-refractivity contribution in [3.05, 3.63) is 5.69 Å². The first-order valence-corrected chi connectivity index (χ1v) is 5.88. The van der Waals surface area contributed by atoms with E-state index in [1.165, 1.54) is 6.42 Å². The van der Waals surface area contributed by atoms with Gasteiger partial charge in [0.15, 0.2) is 0 Å². The molecule has 0 amide bonds. The van der Waals surface area contributed by atoms with Gasteiger partial charge in [-0.25, -0.2) is 0 Å². The van der Waals surface area contributed by atoms with Crippen LogP contribution in [0.1, 0.15) is 19.0 Å². The van der Waals surface area contributed by atoms with Crippen LogP contribution in [0.15, 0.2) is 0 Å². The van der Waals surface area contributed by atoms with Gasteiger partial charge in [-0.15, -0.1) is 0 Å². The van der Waals surface area contributed by atoms with Crippen LogP contribution in [0.25, 0.3) is 0 Å². The number of nitrogens with zero attached hydrogens (tertiary/aromatic N) is 3. The quantitative estimate of drug-likeness (QED) is 0.791. The number of nitrogens with one attached hydrogen (secondary N) is 1. The van der Waals surface area contributed by atoms with E-state index in [-0.39, 0.29) is 0 Å². The number of hydrogen-bond acceptors (Lipinski definition) is 4. The number of aromatic nitrogens is 2. The normalized spacial score (nSPS) is 21.6. The van der Waals surface area contributed by atoms with E-state index in [2.05, 4.69) is 29.3 Å². The Morgan fingerprint density at radius 2 is 2.25 bits per heavy atom. The van der Waals surface area contributed by atoms with Crippen LogP contribution in [0.4, 0.5) is 11.5 Å². The molecule has 3 N–H and O–H groups in total. The van der Waals surface area contributed by atoms with Crippen LogP contribution >= 0.6 is 0 Å². The van der Waals surface area contributed by atoms with E-state index >= 15 is 0 Å². The van der Waals surface area contributed by atoms with Gasteiger partial charge in [0.05, 0.1) is 11.4 Å². The number of nitrogen functional groups attached to an aromatic ring is 1. The SMILES string of the molecule is CCc1nn(C)c(NC2CCN(C)C2)c1N. The van der Waals surface area contributed by atoms with Gasteiger partial charge in [0.25, 0.3) is 0 Å². The molecule has 90 valence electrons. The zero-order valence-corrected chi connectivity index (χ0v) is 10.3. The largest absolute Gasteiger partial charge is 0.394 e. The van der Waals surface area contributed by atoms with E-state index in [9.17, 15) is 0 Å². The summed E-state index contributed by atoms with van der Waals surface area (Å²) in [7, 11) is 4.09. The Kier molecular flexibility index (Phi) is 3.05. The number of likely N-dealkylation sites (N-methyl/N-ethyl adjacent to an activating group) is 1. The fraction of sp³-hybridized carbons (Fsp3) is 0.727. The molecule has 5 nitrogen and oxygen atoms in total. The molecule has 1 aliphatic heterocycles. The Hall–Kier alpha value is -1.23. The Bertz CT molecular complexity index is 371. The van der Waals surface area contributed by atoms with Gasteiger partial charge in [0.1, 0.15) is 5.82 Å². The molecule has 0 saturated carbocycles. The number of likely N-dealkylation sites (tertiary alicyclic amines) is 1. The van der Waals surface area contributed by atoms with Gasteiger partial charge in [0.2, 0.25) is 0 Å². The monoisotopic (exact) mass is 223 g/mol. The number of rotatable bonds is 3. The van der Waals surface area contributed by atoms with Gasteiger partial charge in [0, 0.05) is 19.6 Å². The second-order valence-electron chi connectivity index (χ2n) is 4.58. The van der Waals surface area contributed by atoms with E-state index in [0.29, 0.717) is 6.04 Å². The molecule has 2 rings (SSSR count). The Morgan fingerprint density at radius 3 is 2.75 bits per heavy atom. The van der Waals surface area contributed by atoms with E-state index in [4.69, 9.17) is 5.73 Å². The first-order chi connectivity index (χ1) is 7.61. The van der Waals surface area contributed by atoms with Gasteiger partial charge < -0.3 is 16.0 Å². The first kappa shape index (κ1) is 11.3.